The molecule has 0 bridgehead atoms. The number of nitrogens with zero attached hydrogens (tertiary/aromatic N) is 2. The van der Waals surface area contributed by atoms with Crippen LogP contribution in [-0.4, -0.2) is 47.9 Å². The molecule has 1 atom stereocenters. The van der Waals surface area contributed by atoms with Gasteiger partial charge in [-0.05, 0) is 60.3 Å². The monoisotopic (exact) mass is 394 g/mol. The molecule has 2 aliphatic heterocycles. The van der Waals surface area contributed by atoms with Crippen LogP contribution >= 0.6 is 15.9 Å². The van der Waals surface area contributed by atoms with E-state index in [1.807, 2.05) is 11.0 Å². The van der Waals surface area contributed by atoms with Crippen LogP contribution in [0.25, 0.3) is 0 Å². The number of halogens is 1. The Balaban J connectivity index is 1.48. The van der Waals surface area contributed by atoms with Gasteiger partial charge in [0, 0.05) is 36.2 Å². The number of hydrogen-bond donors (Lipinski definition) is 2. The quantitative estimate of drug-likeness (QED) is 0.822. The van der Waals surface area contributed by atoms with Crippen molar-refractivity contribution in [1.29, 1.82) is 0 Å². The number of carbonyl (C=O) groups excluding carboxylic acids is 2. The van der Waals surface area contributed by atoms with Gasteiger partial charge in [-0.2, -0.15) is 0 Å². The summed E-state index contributed by atoms with van der Waals surface area (Å²) in [6.45, 7) is 3.13. The highest BCUT2D eigenvalue weighted by atomic mass is 79.9. The van der Waals surface area contributed by atoms with Crippen LogP contribution in [-0.2, 0) is 9.59 Å². The molecule has 6 nitrogen and oxygen atoms in total. The minimum Gasteiger partial charge on any atom is -0.342 e. The third-order valence-electron chi connectivity index (χ3n) is 4.80. The van der Waals surface area contributed by atoms with Crippen LogP contribution < -0.4 is 10.6 Å². The molecular formula is C17H23BrN4O2. The van der Waals surface area contributed by atoms with Gasteiger partial charge < -0.3 is 15.5 Å². The maximum atomic E-state index is 12.5. The number of anilines is 1. The molecule has 2 amide bonds. The summed E-state index contributed by atoms with van der Waals surface area (Å²) < 4.78 is 0.879. The van der Waals surface area contributed by atoms with Crippen molar-refractivity contribution >= 4 is 33.6 Å². The Morgan fingerprint density at radius 1 is 1.21 bits per heavy atom. The third-order valence-corrected chi connectivity index (χ3v) is 5.27. The molecule has 1 aromatic rings. The van der Waals surface area contributed by atoms with E-state index in [0.717, 1.165) is 30.4 Å². The maximum absolute atomic E-state index is 12.5. The SMILES string of the molecule is O=C(Nc1ccc(Br)cn1)C1CCN(C(=O)C2CCCNC2)CC1. The van der Waals surface area contributed by atoms with Crippen molar-refractivity contribution in [2.75, 3.05) is 31.5 Å². The lowest BCUT2D eigenvalue weighted by atomic mass is 9.93. The smallest absolute Gasteiger partial charge is 0.228 e. The Morgan fingerprint density at radius 2 is 2.00 bits per heavy atom. The van der Waals surface area contributed by atoms with E-state index in [0.29, 0.717) is 31.7 Å². The van der Waals surface area contributed by atoms with Crippen LogP contribution in [0.15, 0.2) is 22.8 Å². The van der Waals surface area contributed by atoms with Crippen LogP contribution in [0, 0.1) is 11.8 Å². The molecule has 2 aliphatic rings. The van der Waals surface area contributed by atoms with Crippen LogP contribution in [0.3, 0.4) is 0 Å². The Labute approximate surface area is 150 Å². The van der Waals surface area contributed by atoms with Gasteiger partial charge in [0.25, 0.3) is 0 Å². The number of amides is 2. The zero-order valence-electron chi connectivity index (χ0n) is 13.6. The van der Waals surface area contributed by atoms with Crippen molar-refractivity contribution in [1.82, 2.24) is 15.2 Å². The van der Waals surface area contributed by atoms with E-state index in [4.69, 9.17) is 0 Å². The van der Waals surface area contributed by atoms with Gasteiger partial charge in [0.05, 0.1) is 5.92 Å². The highest BCUT2D eigenvalue weighted by Crippen LogP contribution is 2.22. The van der Waals surface area contributed by atoms with Gasteiger partial charge in [-0.15, -0.1) is 0 Å². The molecule has 1 unspecified atom stereocenters. The second-order valence-electron chi connectivity index (χ2n) is 6.49. The topological polar surface area (TPSA) is 74.3 Å². The van der Waals surface area contributed by atoms with Crippen LogP contribution in [0.1, 0.15) is 25.7 Å². The van der Waals surface area contributed by atoms with E-state index >= 15 is 0 Å². The highest BCUT2D eigenvalue weighted by molar-refractivity contribution is 9.10. The third kappa shape index (κ3) is 4.33. The highest BCUT2D eigenvalue weighted by Gasteiger charge is 2.31. The van der Waals surface area contributed by atoms with E-state index in [1.165, 1.54) is 0 Å². The van der Waals surface area contributed by atoms with Gasteiger partial charge >= 0.3 is 0 Å². The van der Waals surface area contributed by atoms with Crippen molar-refractivity contribution in [3.8, 4) is 0 Å². The number of pyridine rings is 1. The number of nitrogens with one attached hydrogen (secondary N) is 2. The molecule has 0 aliphatic carbocycles. The van der Waals surface area contributed by atoms with Gasteiger partial charge in [0.2, 0.25) is 11.8 Å². The molecule has 130 valence electrons. The fraction of sp³-hybridized carbons (Fsp3) is 0.588. The summed E-state index contributed by atoms with van der Waals surface area (Å²) in [4.78, 5) is 31.0. The lowest BCUT2D eigenvalue weighted by Crippen LogP contribution is -2.47. The molecule has 0 aromatic carbocycles. The zero-order valence-corrected chi connectivity index (χ0v) is 15.2. The number of hydrogen-bond acceptors (Lipinski definition) is 4. The Bertz CT molecular complexity index is 579. The van der Waals surface area contributed by atoms with Crippen molar-refractivity contribution < 1.29 is 9.59 Å². The molecule has 0 radical (unpaired) electrons. The standard InChI is InChI=1S/C17H23BrN4O2/c18-14-3-4-15(20-11-14)21-16(23)12-5-8-22(9-6-12)17(24)13-2-1-7-19-10-13/h3-4,11-13,19H,1-2,5-10H2,(H,20,21,23). The first-order valence-corrected chi connectivity index (χ1v) is 9.34. The van der Waals surface area contributed by atoms with E-state index in [9.17, 15) is 9.59 Å². The van der Waals surface area contributed by atoms with Gasteiger partial charge in [0.15, 0.2) is 0 Å². The summed E-state index contributed by atoms with van der Waals surface area (Å²) in [6.07, 6.45) is 5.13. The Hall–Kier alpha value is -1.47. The summed E-state index contributed by atoms with van der Waals surface area (Å²) in [5, 5.41) is 6.15. The van der Waals surface area contributed by atoms with Gasteiger partial charge in [-0.3, -0.25) is 9.59 Å². The summed E-state index contributed by atoms with van der Waals surface area (Å²) in [7, 11) is 0. The van der Waals surface area contributed by atoms with Crippen molar-refractivity contribution in [2.45, 2.75) is 25.7 Å². The van der Waals surface area contributed by atoms with Crippen molar-refractivity contribution in [3.63, 3.8) is 0 Å². The largest absolute Gasteiger partial charge is 0.342 e. The molecule has 24 heavy (non-hydrogen) atoms. The van der Waals surface area contributed by atoms with E-state index in [-0.39, 0.29) is 23.7 Å². The van der Waals surface area contributed by atoms with Crippen molar-refractivity contribution in [2.24, 2.45) is 11.8 Å². The summed E-state index contributed by atoms with van der Waals surface area (Å²) in [6, 6.07) is 3.62. The first-order valence-electron chi connectivity index (χ1n) is 8.55. The number of carbonyl (C=O) groups is 2. The van der Waals surface area contributed by atoms with Gasteiger partial charge in [-0.1, -0.05) is 0 Å². The molecule has 1 aromatic heterocycles. The van der Waals surface area contributed by atoms with Gasteiger partial charge in [0.1, 0.15) is 5.82 Å². The molecule has 2 saturated heterocycles. The molecule has 3 heterocycles. The van der Waals surface area contributed by atoms with E-state index in [1.54, 1.807) is 12.3 Å². The molecule has 0 saturated carbocycles. The molecule has 7 heteroatoms. The molecule has 3 rings (SSSR count). The predicted octanol–water partition coefficient (Wildman–Crippen LogP) is 2.02. The van der Waals surface area contributed by atoms with E-state index < -0.39 is 0 Å². The van der Waals surface area contributed by atoms with Crippen LogP contribution in [0.4, 0.5) is 5.82 Å². The first kappa shape index (κ1) is 17.4. The van der Waals surface area contributed by atoms with E-state index in [2.05, 4.69) is 31.5 Å². The Kier molecular flexibility index (Phi) is 5.84. The molecule has 2 N–H and O–H groups in total. The molecule has 0 spiro atoms. The fourth-order valence-corrected chi connectivity index (χ4v) is 3.60. The number of piperidine rings is 2. The number of likely N-dealkylation sites (tertiary alicyclic amines) is 1. The average molecular weight is 395 g/mol. The summed E-state index contributed by atoms with van der Waals surface area (Å²) >= 11 is 3.32. The van der Waals surface area contributed by atoms with Crippen molar-refractivity contribution in [3.05, 3.63) is 22.8 Å². The lowest BCUT2D eigenvalue weighted by Gasteiger charge is -2.34. The lowest BCUT2D eigenvalue weighted by molar-refractivity contribution is -0.138. The van der Waals surface area contributed by atoms with Crippen LogP contribution in [0.5, 0.6) is 0 Å². The molecular weight excluding hydrogens is 372 g/mol. The normalized spacial score (nSPS) is 22.2. The second-order valence-corrected chi connectivity index (χ2v) is 7.41. The number of aromatic nitrogens is 1. The summed E-state index contributed by atoms with van der Waals surface area (Å²) in [5.41, 5.74) is 0. The first-order chi connectivity index (χ1) is 11.6. The fourth-order valence-electron chi connectivity index (χ4n) is 3.36. The minimum atomic E-state index is -0.0519. The maximum Gasteiger partial charge on any atom is 0.228 e. The average Bonchev–Trinajstić information content (AvgIpc) is 2.64. The van der Waals surface area contributed by atoms with Crippen LogP contribution in [0.2, 0.25) is 0 Å². The Morgan fingerprint density at radius 3 is 2.62 bits per heavy atom. The number of rotatable bonds is 3. The molecule has 2 fully saturated rings. The summed E-state index contributed by atoms with van der Waals surface area (Å²) in [5.74, 6) is 0.863. The predicted molar refractivity (Wildman–Crippen MR) is 95.5 cm³/mol. The minimum absolute atomic E-state index is 0.00347. The van der Waals surface area contributed by atoms with Gasteiger partial charge in [-0.25, -0.2) is 4.98 Å². The second kappa shape index (κ2) is 8.07. The zero-order chi connectivity index (χ0) is 16.9.